The number of carbonyl (C=O) groups is 3. The maximum absolute atomic E-state index is 11.2. The third-order valence-electron chi connectivity index (χ3n) is 1.55. The minimum Gasteiger partial charge on any atom is -0.504 e. The van der Waals surface area contributed by atoms with Crippen LogP contribution in [0.15, 0.2) is 35.5 Å². The number of aliphatic hydroxyl groups excluding tert-OH is 3. The summed E-state index contributed by atoms with van der Waals surface area (Å²) in [6.07, 6.45) is 1.71. The molecule has 0 aliphatic carbocycles. The molecule has 0 fully saturated rings. The number of allylic oxidation sites excluding steroid dienone is 3. The summed E-state index contributed by atoms with van der Waals surface area (Å²) in [4.78, 5) is 32.5. The fourth-order valence-corrected chi connectivity index (χ4v) is 0.815. The summed E-state index contributed by atoms with van der Waals surface area (Å²) in [5.74, 6) is -5.26. The van der Waals surface area contributed by atoms with Crippen molar-refractivity contribution < 1.29 is 34.4 Å². The molecule has 0 rings (SSSR count). The van der Waals surface area contributed by atoms with E-state index in [1.807, 2.05) is 0 Å². The molecule has 0 aromatic heterocycles. The lowest BCUT2D eigenvalue weighted by Gasteiger charge is -1.97. The van der Waals surface area contributed by atoms with Gasteiger partial charge in [0, 0.05) is 18.2 Å². The predicted octanol–water partition coefficient (Wildman–Crippen LogP) is 0.643. The summed E-state index contributed by atoms with van der Waals surface area (Å²) >= 11 is 0. The molecule has 0 amide bonds. The molecule has 0 atom stereocenters. The molecule has 3 N–H and O–H groups in total. The number of ether oxygens (including phenoxy) is 1. The number of hydrogen-bond acceptors (Lipinski definition) is 7. The Morgan fingerprint density at radius 1 is 0.889 bits per heavy atom. The Balaban J connectivity index is 4.95. The van der Waals surface area contributed by atoms with E-state index in [1.165, 1.54) is 0 Å². The van der Waals surface area contributed by atoms with E-state index < -0.39 is 34.8 Å². The van der Waals surface area contributed by atoms with Crippen LogP contribution in [0.1, 0.15) is 6.92 Å². The van der Waals surface area contributed by atoms with Crippen molar-refractivity contribution in [3.63, 3.8) is 0 Å². The van der Waals surface area contributed by atoms with Crippen LogP contribution in [-0.4, -0.2) is 40.0 Å². The fourth-order valence-electron chi connectivity index (χ4n) is 0.815. The van der Waals surface area contributed by atoms with Crippen LogP contribution in [-0.2, 0) is 19.1 Å². The first-order valence-corrected chi connectivity index (χ1v) is 4.63. The van der Waals surface area contributed by atoms with Gasteiger partial charge in [0.15, 0.2) is 23.1 Å². The highest BCUT2D eigenvalue weighted by Gasteiger charge is 2.10. The summed E-state index contributed by atoms with van der Waals surface area (Å²) in [7, 11) is 1.01. The molecular weight excluding hydrogens is 244 g/mol. The second-order valence-electron chi connectivity index (χ2n) is 3.09. The predicted molar refractivity (Wildman–Crippen MR) is 59.8 cm³/mol. The molecular formula is C11H12O7. The number of methoxy groups -OCH3 is 1. The Morgan fingerprint density at radius 3 is 1.78 bits per heavy atom. The lowest BCUT2D eigenvalue weighted by atomic mass is 10.2. The average Bonchev–Trinajstić information content (AvgIpc) is 2.26. The number of carbonyl (C=O) groups excluding carboxylic acids is 3. The minimum atomic E-state index is -1.13. The summed E-state index contributed by atoms with van der Waals surface area (Å²) in [5.41, 5.74) is 0. The highest BCUT2D eigenvalue weighted by molar-refractivity contribution is 6.04. The fraction of sp³-hybridized carbons (Fsp3) is 0.182. The second kappa shape index (κ2) is 6.89. The molecule has 18 heavy (non-hydrogen) atoms. The molecule has 0 radical (unpaired) electrons. The number of rotatable bonds is 5. The zero-order valence-electron chi connectivity index (χ0n) is 9.71. The van der Waals surface area contributed by atoms with E-state index in [0.29, 0.717) is 18.2 Å². The Labute approximate surface area is 102 Å². The van der Waals surface area contributed by atoms with E-state index in [9.17, 15) is 19.5 Å². The van der Waals surface area contributed by atoms with Crippen molar-refractivity contribution in [1.82, 2.24) is 0 Å². The smallest absolute Gasteiger partial charge is 0.373 e. The third-order valence-corrected chi connectivity index (χ3v) is 1.55. The zero-order chi connectivity index (χ0) is 14.3. The Morgan fingerprint density at radius 2 is 1.33 bits per heavy atom. The van der Waals surface area contributed by atoms with Gasteiger partial charge >= 0.3 is 5.97 Å². The average molecular weight is 256 g/mol. The normalized spacial score (nSPS) is 13.1. The quantitative estimate of drug-likeness (QED) is 0.285. The van der Waals surface area contributed by atoms with Crippen molar-refractivity contribution in [3.8, 4) is 0 Å². The first kappa shape index (κ1) is 15.4. The lowest BCUT2D eigenvalue weighted by Crippen LogP contribution is -2.06. The molecule has 0 heterocycles. The highest BCUT2D eigenvalue weighted by Crippen LogP contribution is 2.03. The van der Waals surface area contributed by atoms with E-state index in [4.69, 9.17) is 10.2 Å². The van der Waals surface area contributed by atoms with Gasteiger partial charge in [-0.05, 0) is 6.92 Å². The number of hydrogen-bond donors (Lipinski definition) is 3. The van der Waals surface area contributed by atoms with Gasteiger partial charge in [-0.1, -0.05) is 0 Å². The van der Waals surface area contributed by atoms with Crippen LogP contribution in [0.2, 0.25) is 0 Å². The van der Waals surface area contributed by atoms with Crippen LogP contribution >= 0.6 is 0 Å². The van der Waals surface area contributed by atoms with Crippen molar-refractivity contribution in [2.45, 2.75) is 6.92 Å². The zero-order valence-corrected chi connectivity index (χ0v) is 9.71. The van der Waals surface area contributed by atoms with Crippen LogP contribution in [0, 0.1) is 0 Å². The monoisotopic (exact) mass is 256 g/mol. The van der Waals surface area contributed by atoms with Gasteiger partial charge in [0.25, 0.3) is 0 Å². The van der Waals surface area contributed by atoms with Gasteiger partial charge in [0.1, 0.15) is 0 Å². The van der Waals surface area contributed by atoms with Crippen LogP contribution < -0.4 is 0 Å². The second-order valence-corrected chi connectivity index (χ2v) is 3.09. The topological polar surface area (TPSA) is 121 Å². The van der Waals surface area contributed by atoms with Gasteiger partial charge in [0.05, 0.1) is 7.11 Å². The lowest BCUT2D eigenvalue weighted by molar-refractivity contribution is -0.139. The van der Waals surface area contributed by atoms with Gasteiger partial charge in [-0.3, -0.25) is 9.59 Å². The van der Waals surface area contributed by atoms with E-state index in [1.54, 1.807) is 0 Å². The standard InChI is InChI=1S/C11H12O7/c1-6(12)3-8(14)9(15)4-7(13)5-10(16)11(17)18-2/h3-5,14-16H,1-2H3. The minimum absolute atomic E-state index is 0.489. The van der Waals surface area contributed by atoms with Crippen molar-refractivity contribution in [1.29, 1.82) is 0 Å². The van der Waals surface area contributed by atoms with Gasteiger partial charge in [-0.15, -0.1) is 0 Å². The molecule has 7 nitrogen and oxygen atoms in total. The molecule has 0 aromatic rings. The van der Waals surface area contributed by atoms with Crippen LogP contribution in [0.4, 0.5) is 0 Å². The molecule has 0 aromatic carbocycles. The van der Waals surface area contributed by atoms with Gasteiger partial charge in [-0.25, -0.2) is 4.79 Å². The van der Waals surface area contributed by atoms with Crippen LogP contribution in [0.3, 0.4) is 0 Å². The molecule has 0 saturated carbocycles. The van der Waals surface area contributed by atoms with Crippen molar-refractivity contribution in [2.24, 2.45) is 0 Å². The molecule has 0 spiro atoms. The summed E-state index contributed by atoms with van der Waals surface area (Å²) in [5, 5.41) is 27.3. The van der Waals surface area contributed by atoms with Crippen molar-refractivity contribution in [3.05, 3.63) is 35.5 Å². The van der Waals surface area contributed by atoms with E-state index in [0.717, 1.165) is 14.0 Å². The number of ketones is 2. The summed E-state index contributed by atoms with van der Waals surface area (Å²) in [6.45, 7) is 1.13. The van der Waals surface area contributed by atoms with Gasteiger partial charge < -0.3 is 20.1 Å². The Bertz CT molecular complexity index is 454. The van der Waals surface area contributed by atoms with E-state index >= 15 is 0 Å². The molecule has 0 bridgehead atoms. The molecule has 7 heteroatoms. The molecule has 0 aliphatic rings. The summed E-state index contributed by atoms with van der Waals surface area (Å²) in [6, 6.07) is 0. The number of esters is 1. The largest absolute Gasteiger partial charge is 0.504 e. The summed E-state index contributed by atoms with van der Waals surface area (Å²) < 4.78 is 4.12. The maximum Gasteiger partial charge on any atom is 0.373 e. The third kappa shape index (κ3) is 5.50. The van der Waals surface area contributed by atoms with Gasteiger partial charge in [-0.2, -0.15) is 0 Å². The molecule has 0 aliphatic heterocycles. The molecule has 0 saturated heterocycles. The Kier molecular flexibility index (Phi) is 5.91. The number of aliphatic hydroxyl groups is 3. The van der Waals surface area contributed by atoms with Crippen molar-refractivity contribution >= 4 is 17.5 Å². The first-order valence-electron chi connectivity index (χ1n) is 4.63. The van der Waals surface area contributed by atoms with Crippen molar-refractivity contribution in [2.75, 3.05) is 7.11 Å². The van der Waals surface area contributed by atoms with Crippen LogP contribution in [0.5, 0.6) is 0 Å². The van der Waals surface area contributed by atoms with E-state index in [-0.39, 0.29) is 0 Å². The Hall–Kier alpha value is -2.57. The van der Waals surface area contributed by atoms with Crippen LogP contribution in [0.25, 0.3) is 0 Å². The molecule has 0 unspecified atom stereocenters. The SMILES string of the molecule is COC(=O)C(O)=CC(=O)C=C(O)C(O)=CC(C)=O. The maximum atomic E-state index is 11.2. The highest BCUT2D eigenvalue weighted by atomic mass is 16.5. The van der Waals surface area contributed by atoms with E-state index in [2.05, 4.69) is 4.74 Å². The first-order chi connectivity index (χ1) is 8.27. The van der Waals surface area contributed by atoms with Gasteiger partial charge in [0.2, 0.25) is 5.76 Å². The molecule has 98 valence electrons.